The summed E-state index contributed by atoms with van der Waals surface area (Å²) in [5.74, 6) is -3.88. The van der Waals surface area contributed by atoms with Gasteiger partial charge in [0.2, 0.25) is 10.0 Å². The van der Waals surface area contributed by atoms with E-state index >= 15 is 4.39 Å². The van der Waals surface area contributed by atoms with Gasteiger partial charge in [0.1, 0.15) is 16.9 Å². The van der Waals surface area contributed by atoms with Crippen LogP contribution < -0.4 is 5.69 Å². The Balaban J connectivity index is 2.07. The summed E-state index contributed by atoms with van der Waals surface area (Å²) in [7, 11) is -4.26. The van der Waals surface area contributed by atoms with Crippen molar-refractivity contribution in [2.24, 2.45) is 0 Å². The number of aromatic nitrogens is 3. The second-order valence-corrected chi connectivity index (χ2v) is 9.38. The normalized spacial score (nSPS) is 14.8. The minimum absolute atomic E-state index is 0.0483. The second-order valence-electron chi connectivity index (χ2n) is 7.32. The van der Waals surface area contributed by atoms with Gasteiger partial charge in [-0.25, -0.2) is 31.4 Å². The van der Waals surface area contributed by atoms with Crippen LogP contribution in [0.4, 0.5) is 13.2 Å². The number of hydrogen-bond donors (Lipinski definition) is 0. The fourth-order valence-electron chi connectivity index (χ4n) is 3.60. The van der Waals surface area contributed by atoms with Crippen molar-refractivity contribution < 1.29 is 26.0 Å². The molecule has 0 bridgehead atoms. The monoisotopic (exact) mass is 437 g/mol. The van der Waals surface area contributed by atoms with E-state index in [0.717, 1.165) is 6.07 Å². The van der Waals surface area contributed by atoms with Gasteiger partial charge in [-0.1, -0.05) is 6.07 Å². The van der Waals surface area contributed by atoms with Gasteiger partial charge in [-0.2, -0.15) is 3.97 Å². The van der Waals surface area contributed by atoms with Gasteiger partial charge in [0.15, 0.2) is 28.6 Å². The summed E-state index contributed by atoms with van der Waals surface area (Å²) in [5.41, 5.74) is -3.28. The first kappa shape index (κ1) is 18.9. The van der Waals surface area contributed by atoms with Crippen LogP contribution in [0, 0.1) is 31.3 Å². The molecule has 0 spiro atoms. The Labute approximate surface area is 167 Å². The summed E-state index contributed by atoms with van der Waals surface area (Å²) in [5, 5.41) is -0.843. The molecule has 7 nitrogen and oxygen atoms in total. The van der Waals surface area contributed by atoms with E-state index in [1.165, 1.54) is 19.1 Å². The van der Waals surface area contributed by atoms with Crippen molar-refractivity contribution in [3.05, 3.63) is 57.6 Å². The highest BCUT2D eigenvalue weighted by atomic mass is 32.2. The lowest BCUT2D eigenvalue weighted by Crippen LogP contribution is -2.31. The zero-order valence-electron chi connectivity index (χ0n) is 15.7. The maximum absolute atomic E-state index is 15.1. The van der Waals surface area contributed by atoms with Crippen LogP contribution >= 0.6 is 0 Å². The van der Waals surface area contributed by atoms with Gasteiger partial charge >= 0.3 is 5.69 Å². The summed E-state index contributed by atoms with van der Waals surface area (Å²) in [6.45, 7) is 2.98. The Bertz CT molecular complexity index is 1550. The fourth-order valence-corrected chi connectivity index (χ4v) is 5.35. The topological polar surface area (TPSA) is 87.1 Å². The van der Waals surface area contributed by atoms with Gasteiger partial charge in [-0.3, -0.25) is 4.57 Å². The lowest BCUT2D eigenvalue weighted by Gasteiger charge is -2.06. The molecule has 0 amide bonds. The quantitative estimate of drug-likeness (QED) is 0.491. The number of imidazole rings is 1. The van der Waals surface area contributed by atoms with Crippen LogP contribution in [0.2, 0.25) is 0 Å². The van der Waals surface area contributed by atoms with Crippen molar-refractivity contribution in [1.29, 1.82) is 0 Å². The van der Waals surface area contributed by atoms with E-state index in [4.69, 9.17) is 4.42 Å². The van der Waals surface area contributed by atoms with Crippen LogP contribution in [0.3, 0.4) is 0 Å². The van der Waals surface area contributed by atoms with Crippen LogP contribution in [0.25, 0.3) is 27.8 Å². The van der Waals surface area contributed by atoms with Crippen molar-refractivity contribution in [2.45, 2.75) is 31.9 Å². The van der Waals surface area contributed by atoms with Gasteiger partial charge in [0, 0.05) is 6.92 Å². The molecule has 1 saturated carbocycles. The molecular weight excluding hydrogens is 423 g/mol. The lowest BCUT2D eigenvalue weighted by atomic mass is 10.2. The second kappa shape index (κ2) is 5.97. The Hall–Kier alpha value is -3.08. The van der Waals surface area contributed by atoms with Crippen molar-refractivity contribution in [2.75, 3.05) is 0 Å². The molecule has 1 aliphatic carbocycles. The minimum atomic E-state index is -4.26. The molecule has 2 heterocycles. The van der Waals surface area contributed by atoms with E-state index in [1.807, 2.05) is 0 Å². The maximum atomic E-state index is 15.1. The number of fused-ring (bicyclic) bond motifs is 3. The van der Waals surface area contributed by atoms with Crippen molar-refractivity contribution in [1.82, 2.24) is 13.5 Å². The zero-order valence-corrected chi connectivity index (χ0v) is 16.6. The average molecular weight is 437 g/mol. The Morgan fingerprint density at radius 3 is 2.43 bits per heavy atom. The third kappa shape index (κ3) is 2.41. The molecule has 11 heteroatoms. The molecule has 0 N–H and O–H groups in total. The number of hydrogen-bond acceptors (Lipinski definition) is 5. The number of halogens is 3. The molecule has 0 unspecified atom stereocenters. The molecule has 0 aliphatic heterocycles. The van der Waals surface area contributed by atoms with Gasteiger partial charge in [0.05, 0.1) is 10.9 Å². The SMILES string of the molecule is Cc1ccc(-n2c(=O)n(S(=O)(=O)C3CC3)c3c4oc(C)nc4c(F)c(F)c32)c(F)c1. The highest BCUT2D eigenvalue weighted by Crippen LogP contribution is 2.36. The molecule has 5 rings (SSSR count). The molecule has 0 atom stereocenters. The van der Waals surface area contributed by atoms with Gasteiger partial charge in [-0.05, 0) is 37.5 Å². The number of aryl methyl sites for hydroxylation is 2. The Morgan fingerprint density at radius 2 is 1.80 bits per heavy atom. The smallest absolute Gasteiger partial charge is 0.348 e. The molecule has 30 heavy (non-hydrogen) atoms. The summed E-state index contributed by atoms with van der Waals surface area (Å²) in [4.78, 5) is 17.0. The molecule has 1 aliphatic rings. The zero-order chi connectivity index (χ0) is 21.5. The molecule has 0 saturated heterocycles. The van der Waals surface area contributed by atoms with E-state index in [1.54, 1.807) is 6.92 Å². The van der Waals surface area contributed by atoms with E-state index in [0.29, 0.717) is 26.9 Å². The average Bonchev–Trinajstić information content (AvgIpc) is 3.39. The van der Waals surface area contributed by atoms with Crippen molar-refractivity contribution in [3.63, 3.8) is 0 Å². The molecule has 1 fully saturated rings. The van der Waals surface area contributed by atoms with Crippen LogP contribution in [-0.2, 0) is 10.0 Å². The van der Waals surface area contributed by atoms with Gasteiger partial charge < -0.3 is 4.42 Å². The van der Waals surface area contributed by atoms with Crippen molar-refractivity contribution >= 4 is 32.2 Å². The first-order valence-corrected chi connectivity index (χ1v) is 10.6. The van der Waals surface area contributed by atoms with Crippen LogP contribution in [0.5, 0.6) is 0 Å². The lowest BCUT2D eigenvalue weighted by molar-refractivity contribution is 0.519. The fraction of sp³-hybridized carbons (Fsp3) is 0.263. The van der Waals surface area contributed by atoms with E-state index in [9.17, 15) is 22.0 Å². The highest BCUT2D eigenvalue weighted by Gasteiger charge is 2.42. The number of rotatable bonds is 3. The largest absolute Gasteiger partial charge is 0.439 e. The first-order chi connectivity index (χ1) is 14.1. The molecule has 156 valence electrons. The summed E-state index contributed by atoms with van der Waals surface area (Å²) >= 11 is 0. The number of benzene rings is 2. The third-order valence-corrected chi connectivity index (χ3v) is 7.28. The summed E-state index contributed by atoms with van der Waals surface area (Å²) < 4.78 is 76.9. The maximum Gasteiger partial charge on any atom is 0.348 e. The van der Waals surface area contributed by atoms with Crippen LogP contribution in [0.15, 0.2) is 27.4 Å². The highest BCUT2D eigenvalue weighted by molar-refractivity contribution is 7.91. The number of nitrogens with zero attached hydrogens (tertiary/aromatic N) is 3. The first-order valence-electron chi connectivity index (χ1n) is 9.05. The van der Waals surface area contributed by atoms with E-state index in [-0.39, 0.29) is 5.89 Å². The Kier molecular flexibility index (Phi) is 3.77. The van der Waals surface area contributed by atoms with Crippen LogP contribution in [-0.4, -0.2) is 27.2 Å². The Morgan fingerprint density at radius 1 is 1.10 bits per heavy atom. The minimum Gasteiger partial charge on any atom is -0.439 e. The molecule has 4 aromatic rings. The van der Waals surface area contributed by atoms with E-state index < -0.39 is 66.2 Å². The van der Waals surface area contributed by atoms with Crippen LogP contribution in [0.1, 0.15) is 24.3 Å². The number of oxazole rings is 1. The summed E-state index contributed by atoms with van der Waals surface area (Å²) in [6, 6.07) is 3.77. The standard InChI is InChI=1S/C19H14F3N3O4S/c1-8-3-6-12(11(20)7-8)24-16-14(22)13(21)15-18(29-9(2)23-15)17(16)25(19(24)26)30(27,28)10-4-5-10/h3,6-7,10H,4-5H2,1-2H3. The molecular formula is C19H14F3N3O4S. The third-order valence-electron chi connectivity index (χ3n) is 5.12. The van der Waals surface area contributed by atoms with Gasteiger partial charge in [-0.15, -0.1) is 0 Å². The van der Waals surface area contributed by atoms with E-state index in [2.05, 4.69) is 4.98 Å². The molecule has 2 aromatic carbocycles. The predicted octanol–water partition coefficient (Wildman–Crippen LogP) is 3.31. The molecule has 0 radical (unpaired) electrons. The van der Waals surface area contributed by atoms with Gasteiger partial charge in [0.25, 0.3) is 0 Å². The predicted molar refractivity (Wildman–Crippen MR) is 102 cm³/mol. The van der Waals surface area contributed by atoms with Crippen molar-refractivity contribution in [3.8, 4) is 5.69 Å². The molecule has 2 aromatic heterocycles. The summed E-state index contributed by atoms with van der Waals surface area (Å²) in [6.07, 6.45) is 0.644.